The minimum absolute atomic E-state index is 0.114. The van der Waals surface area contributed by atoms with Gasteiger partial charge >= 0.3 is 5.97 Å². The number of hydrogen-bond donors (Lipinski definition) is 2. The van der Waals surface area contributed by atoms with Gasteiger partial charge in [0.2, 0.25) is 11.8 Å². The summed E-state index contributed by atoms with van der Waals surface area (Å²) in [6.07, 6.45) is 11.7. The fourth-order valence-corrected chi connectivity index (χ4v) is 10.3. The van der Waals surface area contributed by atoms with Gasteiger partial charge in [-0.25, -0.2) is 0 Å². The number of esters is 1. The van der Waals surface area contributed by atoms with Crippen molar-refractivity contribution in [3.8, 4) is 0 Å². The fourth-order valence-electron chi connectivity index (χ4n) is 10.3. The van der Waals surface area contributed by atoms with Gasteiger partial charge in [-0.1, -0.05) is 36.4 Å². The molecule has 10 atom stereocenters. The van der Waals surface area contributed by atoms with Crippen LogP contribution in [0.2, 0.25) is 0 Å². The quantitative estimate of drug-likeness (QED) is 0.278. The van der Waals surface area contributed by atoms with Crippen molar-refractivity contribution >= 4 is 23.9 Å². The summed E-state index contributed by atoms with van der Waals surface area (Å²) in [6.45, 7) is 0.601. The zero-order valence-corrected chi connectivity index (χ0v) is 28.3. The minimum Gasteiger partial charge on any atom is -0.458 e. The molecule has 4 saturated carbocycles. The largest absolute Gasteiger partial charge is 0.458 e. The molecule has 3 unspecified atom stereocenters. The number of benzene rings is 1. The van der Waals surface area contributed by atoms with Crippen LogP contribution in [0.15, 0.2) is 30.3 Å². The lowest BCUT2D eigenvalue weighted by atomic mass is 9.62. The summed E-state index contributed by atoms with van der Waals surface area (Å²) in [4.78, 5) is 51.1. The van der Waals surface area contributed by atoms with Crippen LogP contribution in [-0.2, 0) is 44.7 Å². The van der Waals surface area contributed by atoms with E-state index in [0.29, 0.717) is 37.5 Å². The van der Waals surface area contributed by atoms with Gasteiger partial charge in [0.05, 0.1) is 25.4 Å². The first kappa shape index (κ1) is 31.8. The van der Waals surface area contributed by atoms with E-state index in [1.807, 2.05) is 12.1 Å². The highest BCUT2D eigenvalue weighted by Gasteiger charge is 2.78. The number of carbonyl (C=O) groups excluding carboxylic acids is 3. The summed E-state index contributed by atoms with van der Waals surface area (Å²) >= 11 is 0. The van der Waals surface area contributed by atoms with E-state index in [2.05, 4.69) is 29.6 Å². The Hall–Kier alpha value is -2.87. The van der Waals surface area contributed by atoms with Gasteiger partial charge in [0, 0.05) is 31.3 Å². The maximum absolute atomic E-state index is 15.2. The molecule has 10 rings (SSSR count). The molecule has 2 amide bonds. The summed E-state index contributed by atoms with van der Waals surface area (Å²) in [7, 11) is 0. The Bertz CT molecular complexity index is 1580. The number of hydroxylamine groups is 2. The molecule has 0 aromatic heterocycles. The summed E-state index contributed by atoms with van der Waals surface area (Å²) in [5.74, 6) is -0.704. The molecule has 5 heterocycles. The maximum Gasteiger partial charge on any atom is 0.327 e. The van der Waals surface area contributed by atoms with Gasteiger partial charge in [0.15, 0.2) is 11.8 Å². The average Bonchev–Trinajstić information content (AvgIpc) is 4.08. The van der Waals surface area contributed by atoms with Crippen LogP contribution in [0.25, 0.3) is 6.08 Å². The van der Waals surface area contributed by atoms with E-state index < -0.39 is 53.7 Å². The van der Waals surface area contributed by atoms with Crippen molar-refractivity contribution in [2.75, 3.05) is 19.7 Å². The molecule has 9 aliphatic rings. The zero-order valence-electron chi connectivity index (χ0n) is 28.3. The molecule has 2 bridgehead atoms. The second-order valence-electron chi connectivity index (χ2n) is 16.2. The minimum atomic E-state index is -1.31. The lowest BCUT2D eigenvalue weighted by Gasteiger charge is -2.50. The Morgan fingerprint density at radius 1 is 1.00 bits per heavy atom. The van der Waals surface area contributed by atoms with Crippen LogP contribution in [0, 0.1) is 23.2 Å². The van der Waals surface area contributed by atoms with Crippen molar-refractivity contribution in [2.45, 2.75) is 125 Å². The third-order valence-electron chi connectivity index (χ3n) is 13.0. The Balaban J connectivity index is 0.976. The van der Waals surface area contributed by atoms with Crippen molar-refractivity contribution in [1.29, 1.82) is 0 Å². The predicted octanol–water partition coefficient (Wildman–Crippen LogP) is 2.47. The standard InChI is InChI=1S/C38H47N3O9/c42-16-14-39-34(43)26-5-2-15-40(26)36(45)37-19-29-30-31(49-38(48-30,24-9-10-24)25-11-12-25)33(37)50-41(32(37)35(44)47-29)20-23-4-1-3-21(17-23)6-7-22-8-13-27-28(18-22)46-27/h1,3-4,6-7,17,22,24-33,42H,2,5,8-16,18-20H2,(H,39,43)/t22?,26-,27?,28?,29-,30+,31+,32+,33-,37+/m1/s1. The van der Waals surface area contributed by atoms with E-state index >= 15 is 4.79 Å². The monoisotopic (exact) mass is 689 g/mol. The second kappa shape index (κ2) is 11.8. The maximum atomic E-state index is 15.2. The molecule has 5 saturated heterocycles. The van der Waals surface area contributed by atoms with E-state index in [1.165, 1.54) is 0 Å². The summed E-state index contributed by atoms with van der Waals surface area (Å²) in [6, 6.07) is 6.52. The van der Waals surface area contributed by atoms with Gasteiger partial charge < -0.3 is 34.3 Å². The van der Waals surface area contributed by atoms with Crippen LogP contribution in [-0.4, -0.2) is 107 Å². The first-order valence-electron chi connectivity index (χ1n) is 19.0. The number of fused-ring (bicyclic) bond motifs is 5. The van der Waals surface area contributed by atoms with Crippen LogP contribution in [0.5, 0.6) is 0 Å². The van der Waals surface area contributed by atoms with Crippen molar-refractivity contribution in [3.05, 3.63) is 41.5 Å². The molecular weight excluding hydrogens is 642 g/mol. The molecule has 9 fully saturated rings. The number of carbonyl (C=O) groups is 3. The van der Waals surface area contributed by atoms with Crippen molar-refractivity contribution in [3.63, 3.8) is 0 Å². The number of nitrogens with one attached hydrogen (secondary N) is 1. The van der Waals surface area contributed by atoms with Crippen LogP contribution >= 0.6 is 0 Å². The van der Waals surface area contributed by atoms with Gasteiger partial charge in [0.1, 0.15) is 35.9 Å². The normalized spacial score (nSPS) is 41.2. The molecule has 12 heteroatoms. The molecule has 1 aromatic carbocycles. The third kappa shape index (κ3) is 5.03. The zero-order chi connectivity index (χ0) is 33.8. The predicted molar refractivity (Wildman–Crippen MR) is 175 cm³/mol. The number of aliphatic hydroxyl groups is 1. The summed E-state index contributed by atoms with van der Waals surface area (Å²) in [5, 5.41) is 13.8. The highest BCUT2D eigenvalue weighted by molar-refractivity contribution is 5.96. The van der Waals surface area contributed by atoms with Gasteiger partial charge in [-0.2, -0.15) is 5.06 Å². The third-order valence-corrected chi connectivity index (χ3v) is 13.0. The van der Waals surface area contributed by atoms with Crippen LogP contribution < -0.4 is 5.32 Å². The Morgan fingerprint density at radius 2 is 1.82 bits per heavy atom. The molecule has 0 spiro atoms. The molecule has 0 radical (unpaired) electrons. The van der Waals surface area contributed by atoms with Crippen LogP contribution in [0.1, 0.15) is 75.3 Å². The molecule has 50 heavy (non-hydrogen) atoms. The summed E-state index contributed by atoms with van der Waals surface area (Å²) in [5.41, 5.74) is 0.704. The van der Waals surface area contributed by atoms with Crippen molar-refractivity contribution in [1.82, 2.24) is 15.3 Å². The molecule has 2 N–H and O–H groups in total. The first-order chi connectivity index (χ1) is 24.4. The van der Waals surface area contributed by atoms with Gasteiger partial charge in [-0.3, -0.25) is 19.2 Å². The number of ether oxygens (including phenoxy) is 4. The summed E-state index contributed by atoms with van der Waals surface area (Å²) < 4.78 is 25.8. The first-order valence-corrected chi connectivity index (χ1v) is 19.0. The number of allylic oxidation sites excluding steroid dienone is 1. The lowest BCUT2D eigenvalue weighted by Crippen LogP contribution is -2.70. The SMILES string of the molecule is O=C(NCCO)[C@H]1CCCN1C(=O)[C@@]12C[C@H]3OC(=O)[C@@H]1N(Cc1cccc(C=CC4CCC5OC5C4)c1)O[C@@H]2[C@H]1OC(C2CC2)(C2CC2)O[C@H]13. The van der Waals surface area contributed by atoms with Gasteiger partial charge in [0.25, 0.3) is 0 Å². The highest BCUT2D eigenvalue weighted by Crippen LogP contribution is 2.64. The van der Waals surface area contributed by atoms with E-state index in [0.717, 1.165) is 56.1 Å². The number of amides is 2. The molecule has 1 aromatic rings. The smallest absolute Gasteiger partial charge is 0.327 e. The Morgan fingerprint density at radius 3 is 2.60 bits per heavy atom. The molecule has 5 aliphatic heterocycles. The van der Waals surface area contributed by atoms with Crippen molar-refractivity contribution in [2.24, 2.45) is 23.2 Å². The lowest BCUT2D eigenvalue weighted by molar-refractivity contribution is -0.235. The Kier molecular flexibility index (Phi) is 7.53. The number of aliphatic hydroxyl groups excluding tert-OH is 1. The number of epoxide rings is 1. The topological polar surface area (TPSA) is 139 Å². The van der Waals surface area contributed by atoms with E-state index in [4.69, 9.17) is 23.8 Å². The second-order valence-corrected chi connectivity index (χ2v) is 16.2. The number of rotatable bonds is 10. The van der Waals surface area contributed by atoms with Crippen LogP contribution in [0.4, 0.5) is 0 Å². The van der Waals surface area contributed by atoms with Gasteiger partial charge in [-0.05, 0) is 74.8 Å². The van der Waals surface area contributed by atoms with E-state index in [1.54, 1.807) is 9.96 Å². The molecule has 12 nitrogen and oxygen atoms in total. The number of nitrogens with zero attached hydrogens (tertiary/aromatic N) is 2. The molecular formula is C38H47N3O9. The van der Waals surface area contributed by atoms with Gasteiger partial charge in [-0.15, -0.1) is 0 Å². The van der Waals surface area contributed by atoms with Crippen molar-refractivity contribution < 1.29 is 43.3 Å². The Labute approximate surface area is 291 Å². The molecule has 268 valence electrons. The number of hydrogen-bond acceptors (Lipinski definition) is 10. The molecule has 4 aliphatic carbocycles. The van der Waals surface area contributed by atoms with E-state index in [9.17, 15) is 14.7 Å². The highest BCUT2D eigenvalue weighted by atomic mass is 16.8. The van der Waals surface area contributed by atoms with E-state index in [-0.39, 0.29) is 49.8 Å². The van der Waals surface area contributed by atoms with Crippen LogP contribution in [0.3, 0.4) is 0 Å². The fraction of sp³-hybridized carbons (Fsp3) is 0.711. The average molecular weight is 690 g/mol. The number of likely N-dealkylation sites (tertiary alicyclic amines) is 1.